The highest BCUT2D eigenvalue weighted by Crippen LogP contribution is 2.09. The van der Waals surface area contributed by atoms with E-state index < -0.39 is 0 Å². The maximum Gasteiger partial charge on any atom is 0.189 e. The Morgan fingerprint density at radius 2 is 1.52 bits per heavy atom. The van der Waals surface area contributed by atoms with E-state index in [0.29, 0.717) is 31.8 Å². The lowest BCUT2D eigenvalue weighted by molar-refractivity contribution is 0.107. The smallest absolute Gasteiger partial charge is 0.189 e. The van der Waals surface area contributed by atoms with Gasteiger partial charge in [-0.15, -0.1) is 0 Å². The van der Waals surface area contributed by atoms with Crippen molar-refractivity contribution in [3.63, 3.8) is 0 Å². The van der Waals surface area contributed by atoms with Crippen molar-refractivity contribution < 1.29 is 4.74 Å². The third kappa shape index (κ3) is 6.53. The molecule has 0 aliphatic carbocycles. The Kier molecular flexibility index (Phi) is 6.63. The number of nitrogens with zero attached hydrogens (tertiary/aromatic N) is 1. The van der Waals surface area contributed by atoms with E-state index in [1.807, 2.05) is 32.0 Å². The van der Waals surface area contributed by atoms with Crippen molar-refractivity contribution in [1.29, 1.82) is 0 Å². The lowest BCUT2D eigenvalue weighted by Gasteiger charge is -2.08. The Bertz CT molecular complexity index is 606. The minimum Gasteiger partial charge on any atom is -0.372 e. The van der Waals surface area contributed by atoms with Gasteiger partial charge in [0.05, 0.1) is 19.8 Å². The molecule has 0 heterocycles. The van der Waals surface area contributed by atoms with E-state index in [1.54, 1.807) is 0 Å². The van der Waals surface area contributed by atoms with Gasteiger partial charge in [0, 0.05) is 6.04 Å². The van der Waals surface area contributed by atoms with E-state index in [2.05, 4.69) is 46.7 Å². The van der Waals surface area contributed by atoms with Gasteiger partial charge in [0.15, 0.2) is 5.96 Å². The molecule has 0 aromatic heterocycles. The number of aliphatic imine (C=N–C) groups is 1. The maximum absolute atomic E-state index is 5.79. The Morgan fingerprint density at radius 3 is 2.13 bits per heavy atom. The fourth-order valence-corrected chi connectivity index (χ4v) is 2.12. The van der Waals surface area contributed by atoms with Crippen LogP contribution in [-0.2, 0) is 24.5 Å². The summed E-state index contributed by atoms with van der Waals surface area (Å²) >= 11 is 0. The standard InChI is InChI=1S/C19H25N3O/c1-15(2)22-19(20)21-12-16-8-10-18(11-9-16)14-23-13-17-6-4-3-5-7-17/h3-11,15H,12-14H2,1-2H3,(H3,20,21,22). The number of ether oxygens (including phenoxy) is 1. The molecule has 0 aliphatic heterocycles. The average molecular weight is 311 g/mol. The summed E-state index contributed by atoms with van der Waals surface area (Å²) in [5.74, 6) is 0.482. The summed E-state index contributed by atoms with van der Waals surface area (Å²) in [6.45, 7) is 5.88. The predicted octanol–water partition coefficient (Wildman–Crippen LogP) is 3.22. The summed E-state index contributed by atoms with van der Waals surface area (Å²) in [5.41, 5.74) is 9.26. The molecule has 2 aromatic carbocycles. The average Bonchev–Trinajstić information content (AvgIpc) is 2.54. The molecule has 0 saturated heterocycles. The van der Waals surface area contributed by atoms with Crippen LogP contribution in [0.4, 0.5) is 0 Å². The van der Waals surface area contributed by atoms with Gasteiger partial charge in [0.1, 0.15) is 0 Å². The van der Waals surface area contributed by atoms with E-state index in [4.69, 9.17) is 10.5 Å². The molecule has 0 amide bonds. The van der Waals surface area contributed by atoms with Gasteiger partial charge in [0.25, 0.3) is 0 Å². The van der Waals surface area contributed by atoms with Crippen LogP contribution < -0.4 is 11.1 Å². The summed E-state index contributed by atoms with van der Waals surface area (Å²) in [6.07, 6.45) is 0. The molecule has 122 valence electrons. The van der Waals surface area contributed by atoms with Crippen LogP contribution >= 0.6 is 0 Å². The quantitative estimate of drug-likeness (QED) is 0.610. The lowest BCUT2D eigenvalue weighted by Crippen LogP contribution is -2.36. The largest absolute Gasteiger partial charge is 0.372 e. The van der Waals surface area contributed by atoms with Gasteiger partial charge < -0.3 is 15.8 Å². The molecular formula is C19H25N3O. The van der Waals surface area contributed by atoms with E-state index >= 15 is 0 Å². The van der Waals surface area contributed by atoms with Crippen molar-refractivity contribution in [2.45, 2.75) is 39.6 Å². The molecule has 4 heteroatoms. The first-order chi connectivity index (χ1) is 11.1. The molecule has 4 nitrogen and oxygen atoms in total. The first-order valence-corrected chi connectivity index (χ1v) is 7.89. The van der Waals surface area contributed by atoms with Gasteiger partial charge in [-0.1, -0.05) is 54.6 Å². The first kappa shape index (κ1) is 17.0. The summed E-state index contributed by atoms with van der Waals surface area (Å²) in [4.78, 5) is 4.32. The van der Waals surface area contributed by atoms with Crippen molar-refractivity contribution in [2.24, 2.45) is 10.7 Å². The number of hydrogen-bond acceptors (Lipinski definition) is 2. The Labute approximate surface area is 138 Å². The van der Waals surface area contributed by atoms with Crippen LogP contribution in [0, 0.1) is 0 Å². The van der Waals surface area contributed by atoms with Crippen LogP contribution in [0.1, 0.15) is 30.5 Å². The molecule has 3 N–H and O–H groups in total. The SMILES string of the molecule is CC(C)NC(N)=NCc1ccc(COCc2ccccc2)cc1. The van der Waals surface area contributed by atoms with E-state index in [9.17, 15) is 0 Å². The Morgan fingerprint density at radius 1 is 0.957 bits per heavy atom. The molecule has 0 saturated carbocycles. The van der Waals surface area contributed by atoms with Crippen molar-refractivity contribution >= 4 is 5.96 Å². The molecule has 2 aromatic rings. The molecule has 0 bridgehead atoms. The molecule has 0 aliphatic rings. The highest BCUT2D eigenvalue weighted by molar-refractivity contribution is 5.78. The van der Waals surface area contributed by atoms with Gasteiger partial charge in [-0.3, -0.25) is 0 Å². The zero-order valence-electron chi connectivity index (χ0n) is 13.8. The second kappa shape index (κ2) is 8.96. The van der Waals surface area contributed by atoms with Gasteiger partial charge in [0.2, 0.25) is 0 Å². The monoisotopic (exact) mass is 311 g/mol. The third-order valence-corrected chi connectivity index (χ3v) is 3.27. The van der Waals surface area contributed by atoms with Gasteiger partial charge >= 0.3 is 0 Å². The van der Waals surface area contributed by atoms with Crippen molar-refractivity contribution in [1.82, 2.24) is 5.32 Å². The summed E-state index contributed by atoms with van der Waals surface area (Å²) in [7, 11) is 0. The van der Waals surface area contributed by atoms with Crippen LogP contribution in [0.15, 0.2) is 59.6 Å². The maximum atomic E-state index is 5.79. The summed E-state index contributed by atoms with van der Waals surface area (Å²) in [6, 6.07) is 18.7. The van der Waals surface area contributed by atoms with E-state index in [1.165, 1.54) is 5.56 Å². The summed E-state index contributed by atoms with van der Waals surface area (Å²) in [5, 5.41) is 3.08. The van der Waals surface area contributed by atoms with Crippen LogP contribution in [0.2, 0.25) is 0 Å². The molecule has 0 unspecified atom stereocenters. The van der Waals surface area contributed by atoms with Crippen LogP contribution in [0.5, 0.6) is 0 Å². The highest BCUT2D eigenvalue weighted by Gasteiger charge is 1.98. The van der Waals surface area contributed by atoms with Crippen LogP contribution in [0.3, 0.4) is 0 Å². The van der Waals surface area contributed by atoms with E-state index in [0.717, 1.165) is 11.1 Å². The molecule has 0 spiro atoms. The zero-order chi connectivity index (χ0) is 16.5. The lowest BCUT2D eigenvalue weighted by atomic mass is 10.1. The number of nitrogens with one attached hydrogen (secondary N) is 1. The second-order valence-corrected chi connectivity index (χ2v) is 5.80. The van der Waals surface area contributed by atoms with Gasteiger partial charge in [-0.05, 0) is 30.5 Å². The minimum absolute atomic E-state index is 0.294. The highest BCUT2D eigenvalue weighted by atomic mass is 16.5. The first-order valence-electron chi connectivity index (χ1n) is 7.89. The second-order valence-electron chi connectivity index (χ2n) is 5.80. The fraction of sp³-hybridized carbons (Fsp3) is 0.316. The normalized spacial score (nSPS) is 11.7. The van der Waals surface area contributed by atoms with Gasteiger partial charge in [-0.25, -0.2) is 4.99 Å². The summed E-state index contributed by atoms with van der Waals surface area (Å²) < 4.78 is 5.73. The van der Waals surface area contributed by atoms with Crippen molar-refractivity contribution in [2.75, 3.05) is 0 Å². The Hall–Kier alpha value is -2.33. The molecular weight excluding hydrogens is 286 g/mol. The number of guanidine groups is 1. The van der Waals surface area contributed by atoms with Crippen LogP contribution in [0.25, 0.3) is 0 Å². The molecule has 0 fully saturated rings. The van der Waals surface area contributed by atoms with E-state index in [-0.39, 0.29) is 0 Å². The van der Waals surface area contributed by atoms with Crippen LogP contribution in [-0.4, -0.2) is 12.0 Å². The third-order valence-electron chi connectivity index (χ3n) is 3.27. The minimum atomic E-state index is 0.294. The molecule has 2 rings (SSSR count). The molecule has 23 heavy (non-hydrogen) atoms. The Balaban J connectivity index is 1.78. The molecule has 0 radical (unpaired) electrons. The van der Waals surface area contributed by atoms with Gasteiger partial charge in [-0.2, -0.15) is 0 Å². The number of benzene rings is 2. The number of nitrogens with two attached hydrogens (primary N) is 1. The number of hydrogen-bond donors (Lipinski definition) is 2. The topological polar surface area (TPSA) is 59.6 Å². The number of rotatable bonds is 7. The fourth-order valence-electron chi connectivity index (χ4n) is 2.12. The van der Waals surface area contributed by atoms with Crippen molar-refractivity contribution in [3.05, 3.63) is 71.3 Å². The van der Waals surface area contributed by atoms with Crippen molar-refractivity contribution in [3.8, 4) is 0 Å². The zero-order valence-corrected chi connectivity index (χ0v) is 13.8. The predicted molar refractivity (Wildman–Crippen MR) is 95.0 cm³/mol. The molecule has 0 atom stereocenters.